The monoisotopic (exact) mass is 293 g/mol. The largest absolute Gasteiger partial charge is 0.416 e. The second-order valence-electron chi connectivity index (χ2n) is 4.75. The molecule has 1 aromatic carbocycles. The molecule has 0 aromatic heterocycles. The molecular weight excluding hydrogens is 279 g/mol. The Bertz CT molecular complexity index is 450. The molecule has 1 fully saturated rings. The molecule has 1 N–H and O–H groups in total. The van der Waals surface area contributed by atoms with Gasteiger partial charge in [0.15, 0.2) is 0 Å². The first-order valence-electron chi connectivity index (χ1n) is 6.12. The van der Waals surface area contributed by atoms with Crippen LogP contribution < -0.4 is 5.32 Å². The highest BCUT2D eigenvalue weighted by molar-refractivity contribution is 6.30. The molecule has 1 aromatic rings. The molecule has 2 atom stereocenters. The molecule has 0 spiro atoms. The highest BCUT2D eigenvalue weighted by Gasteiger charge is 2.31. The highest BCUT2D eigenvalue weighted by Crippen LogP contribution is 2.33. The summed E-state index contributed by atoms with van der Waals surface area (Å²) in [5.41, 5.74) is -0.383. The van der Waals surface area contributed by atoms with Gasteiger partial charge in [0, 0.05) is 17.3 Å². The van der Waals surface area contributed by atoms with Gasteiger partial charge in [-0.3, -0.25) is 0 Å². The Morgan fingerprint density at radius 1 is 1.32 bits per heavy atom. The summed E-state index contributed by atoms with van der Waals surface area (Å²) in [6, 6.07) is 3.46. The maximum Gasteiger partial charge on any atom is 0.416 e. The van der Waals surface area contributed by atoms with Crippen molar-refractivity contribution in [2.45, 2.75) is 38.1 Å². The predicted octanol–water partition coefficient (Wildman–Crippen LogP) is 4.34. The Labute approximate surface area is 114 Å². The summed E-state index contributed by atoms with van der Waals surface area (Å²) < 4.78 is 43.5. The SMILES string of the molecule is CC1CCC(CNc2cc(Cl)cc(C(F)(F)F)c2)O1. The molecule has 106 valence electrons. The molecule has 2 nitrogen and oxygen atoms in total. The van der Waals surface area contributed by atoms with Gasteiger partial charge in [0.05, 0.1) is 17.8 Å². The normalized spacial score (nSPS) is 23.6. The number of anilines is 1. The molecule has 0 bridgehead atoms. The van der Waals surface area contributed by atoms with Gasteiger partial charge < -0.3 is 10.1 Å². The molecule has 6 heteroatoms. The van der Waals surface area contributed by atoms with Gasteiger partial charge in [-0.15, -0.1) is 0 Å². The Hall–Kier alpha value is -0.940. The van der Waals surface area contributed by atoms with Gasteiger partial charge in [-0.2, -0.15) is 13.2 Å². The molecule has 0 amide bonds. The number of ether oxygens (including phenoxy) is 1. The lowest BCUT2D eigenvalue weighted by Gasteiger charge is -2.15. The summed E-state index contributed by atoms with van der Waals surface area (Å²) in [7, 11) is 0. The van der Waals surface area contributed by atoms with Crippen molar-refractivity contribution in [2.75, 3.05) is 11.9 Å². The van der Waals surface area contributed by atoms with E-state index in [9.17, 15) is 13.2 Å². The van der Waals surface area contributed by atoms with E-state index in [1.807, 2.05) is 6.92 Å². The van der Waals surface area contributed by atoms with Crippen LogP contribution in [0.2, 0.25) is 5.02 Å². The number of benzene rings is 1. The molecule has 1 aliphatic rings. The van der Waals surface area contributed by atoms with E-state index in [2.05, 4.69) is 5.32 Å². The van der Waals surface area contributed by atoms with Gasteiger partial charge in [0.2, 0.25) is 0 Å². The maximum absolute atomic E-state index is 12.6. The van der Waals surface area contributed by atoms with E-state index in [0.717, 1.165) is 25.0 Å². The van der Waals surface area contributed by atoms with Crippen molar-refractivity contribution < 1.29 is 17.9 Å². The third-order valence-electron chi connectivity index (χ3n) is 3.08. The van der Waals surface area contributed by atoms with Gasteiger partial charge >= 0.3 is 6.18 Å². The zero-order chi connectivity index (χ0) is 14.0. The number of hydrogen-bond acceptors (Lipinski definition) is 2. The van der Waals surface area contributed by atoms with E-state index in [-0.39, 0.29) is 17.2 Å². The van der Waals surface area contributed by atoms with Crippen molar-refractivity contribution in [3.05, 3.63) is 28.8 Å². The van der Waals surface area contributed by atoms with Crippen molar-refractivity contribution in [3.8, 4) is 0 Å². The van der Waals surface area contributed by atoms with Crippen LogP contribution in [-0.2, 0) is 10.9 Å². The topological polar surface area (TPSA) is 21.3 Å². The summed E-state index contributed by atoms with van der Waals surface area (Å²) in [6.07, 6.45) is -2.23. The summed E-state index contributed by atoms with van der Waals surface area (Å²) in [5, 5.41) is 3.02. The van der Waals surface area contributed by atoms with Crippen LogP contribution in [0.1, 0.15) is 25.3 Å². The minimum Gasteiger partial charge on any atom is -0.382 e. The summed E-state index contributed by atoms with van der Waals surface area (Å²) in [5.74, 6) is 0. The third kappa shape index (κ3) is 4.01. The van der Waals surface area contributed by atoms with Crippen LogP contribution in [0.25, 0.3) is 0 Å². The Morgan fingerprint density at radius 3 is 2.63 bits per heavy atom. The van der Waals surface area contributed by atoms with E-state index in [4.69, 9.17) is 16.3 Å². The fraction of sp³-hybridized carbons (Fsp3) is 0.538. The number of hydrogen-bond donors (Lipinski definition) is 1. The summed E-state index contributed by atoms with van der Waals surface area (Å²) in [6.45, 7) is 2.48. The number of nitrogens with one attached hydrogen (secondary N) is 1. The minimum absolute atomic E-state index is 0.0447. The zero-order valence-corrected chi connectivity index (χ0v) is 11.2. The van der Waals surface area contributed by atoms with Crippen LogP contribution >= 0.6 is 11.6 Å². The lowest BCUT2D eigenvalue weighted by atomic mass is 10.1. The third-order valence-corrected chi connectivity index (χ3v) is 3.30. The molecule has 2 rings (SSSR count). The Balaban J connectivity index is 2.02. The molecular formula is C13H15ClF3NO. The van der Waals surface area contributed by atoms with E-state index in [1.165, 1.54) is 6.07 Å². The van der Waals surface area contributed by atoms with Crippen LogP contribution in [0.3, 0.4) is 0 Å². The standard InChI is InChI=1S/C13H15ClF3NO/c1-8-2-3-12(19-8)7-18-11-5-9(13(15,16)17)4-10(14)6-11/h4-6,8,12,18H,2-3,7H2,1H3. The number of halogens is 4. The molecule has 0 saturated carbocycles. The fourth-order valence-electron chi connectivity index (χ4n) is 2.12. The first kappa shape index (κ1) is 14.5. The summed E-state index contributed by atoms with van der Waals surface area (Å²) >= 11 is 5.70. The average molecular weight is 294 g/mol. The average Bonchev–Trinajstić information content (AvgIpc) is 2.71. The quantitative estimate of drug-likeness (QED) is 0.895. The van der Waals surface area contributed by atoms with E-state index >= 15 is 0 Å². The second-order valence-corrected chi connectivity index (χ2v) is 5.19. The number of alkyl halides is 3. The fourth-order valence-corrected chi connectivity index (χ4v) is 2.36. The van der Waals surface area contributed by atoms with Gasteiger partial charge in [0.1, 0.15) is 0 Å². The maximum atomic E-state index is 12.6. The van der Waals surface area contributed by atoms with E-state index in [1.54, 1.807) is 0 Å². The molecule has 0 aliphatic carbocycles. The molecule has 2 unspecified atom stereocenters. The van der Waals surface area contributed by atoms with Crippen LogP contribution in [0.4, 0.5) is 18.9 Å². The predicted molar refractivity (Wildman–Crippen MR) is 68.5 cm³/mol. The highest BCUT2D eigenvalue weighted by atomic mass is 35.5. The van der Waals surface area contributed by atoms with Gasteiger partial charge in [-0.05, 0) is 38.0 Å². The molecule has 1 heterocycles. The molecule has 0 radical (unpaired) electrons. The van der Waals surface area contributed by atoms with Crippen molar-refractivity contribution >= 4 is 17.3 Å². The van der Waals surface area contributed by atoms with Gasteiger partial charge in [0.25, 0.3) is 0 Å². The first-order valence-corrected chi connectivity index (χ1v) is 6.49. The lowest BCUT2D eigenvalue weighted by Crippen LogP contribution is -2.20. The second kappa shape index (κ2) is 5.59. The molecule has 1 aliphatic heterocycles. The van der Waals surface area contributed by atoms with Crippen LogP contribution in [-0.4, -0.2) is 18.8 Å². The Kier molecular flexibility index (Phi) is 4.26. The van der Waals surface area contributed by atoms with Crippen LogP contribution in [0.5, 0.6) is 0 Å². The molecule has 1 saturated heterocycles. The van der Waals surface area contributed by atoms with Crippen molar-refractivity contribution in [2.24, 2.45) is 0 Å². The van der Waals surface area contributed by atoms with Gasteiger partial charge in [-0.25, -0.2) is 0 Å². The van der Waals surface area contributed by atoms with E-state index in [0.29, 0.717) is 12.2 Å². The van der Waals surface area contributed by atoms with Gasteiger partial charge in [-0.1, -0.05) is 11.6 Å². The van der Waals surface area contributed by atoms with E-state index < -0.39 is 11.7 Å². The minimum atomic E-state index is -4.39. The van der Waals surface area contributed by atoms with Crippen molar-refractivity contribution in [3.63, 3.8) is 0 Å². The zero-order valence-electron chi connectivity index (χ0n) is 10.4. The van der Waals surface area contributed by atoms with Crippen molar-refractivity contribution in [1.29, 1.82) is 0 Å². The first-order chi connectivity index (χ1) is 8.84. The smallest absolute Gasteiger partial charge is 0.382 e. The Morgan fingerprint density at radius 2 is 2.05 bits per heavy atom. The summed E-state index contributed by atoms with van der Waals surface area (Å²) in [4.78, 5) is 0. The van der Waals surface area contributed by atoms with Crippen LogP contribution in [0, 0.1) is 0 Å². The van der Waals surface area contributed by atoms with Crippen molar-refractivity contribution in [1.82, 2.24) is 0 Å². The molecule has 19 heavy (non-hydrogen) atoms. The van der Waals surface area contributed by atoms with Crippen LogP contribution in [0.15, 0.2) is 18.2 Å². The number of rotatable bonds is 3. The lowest BCUT2D eigenvalue weighted by molar-refractivity contribution is -0.137.